The number of halogens is 3. The van der Waals surface area contributed by atoms with Gasteiger partial charge in [-0.2, -0.15) is 0 Å². The number of aryl methyl sites for hydroxylation is 1. The molecule has 1 amide bonds. The van der Waals surface area contributed by atoms with Crippen LogP contribution in [0.15, 0.2) is 54.7 Å². The van der Waals surface area contributed by atoms with E-state index >= 15 is 0 Å². The van der Waals surface area contributed by atoms with Crippen LogP contribution in [-0.4, -0.2) is 28.9 Å². The van der Waals surface area contributed by atoms with Crippen molar-refractivity contribution in [2.24, 2.45) is 0 Å². The van der Waals surface area contributed by atoms with E-state index in [1.165, 1.54) is 18.3 Å². The van der Waals surface area contributed by atoms with Crippen LogP contribution in [0.25, 0.3) is 0 Å². The van der Waals surface area contributed by atoms with Crippen LogP contribution in [0, 0.1) is 12.7 Å². The largest absolute Gasteiger partial charge is 0.353 e. The molecule has 160 valence electrons. The molecule has 3 aromatic rings. The van der Waals surface area contributed by atoms with Crippen LogP contribution in [0.2, 0.25) is 10.2 Å². The first-order valence-corrected chi connectivity index (χ1v) is 10.9. The van der Waals surface area contributed by atoms with E-state index in [4.69, 9.17) is 23.2 Å². The molecule has 0 radical (unpaired) electrons. The number of hydrogen-bond donors (Lipinski definition) is 1. The van der Waals surface area contributed by atoms with Crippen LogP contribution < -0.4 is 5.32 Å². The van der Waals surface area contributed by atoms with Gasteiger partial charge >= 0.3 is 0 Å². The molecule has 1 N–H and O–H groups in total. The van der Waals surface area contributed by atoms with Gasteiger partial charge in [-0.25, -0.2) is 9.37 Å². The summed E-state index contributed by atoms with van der Waals surface area (Å²) in [6.45, 7) is 3.18. The normalized spacial score (nSPS) is 14.5. The van der Waals surface area contributed by atoms with Gasteiger partial charge in [0, 0.05) is 25.0 Å². The summed E-state index contributed by atoms with van der Waals surface area (Å²) in [6.07, 6.45) is 3.10. The zero-order valence-electron chi connectivity index (χ0n) is 17.0. The molecule has 1 aliphatic rings. The Balaban J connectivity index is 1.54. The summed E-state index contributed by atoms with van der Waals surface area (Å²) in [4.78, 5) is 19.3. The predicted molar refractivity (Wildman–Crippen MR) is 123 cm³/mol. The Morgan fingerprint density at radius 1 is 1.10 bits per heavy atom. The molecule has 1 aromatic heterocycles. The standard InChI is InChI=1S/C24H22Cl2FN3O/c1-15-4-2-3-5-20(15)29-22-19(14-28-23(26)21(22)25)24(31)30-12-10-17(11-13-30)16-6-8-18(27)9-7-16/h2-9,14,17H,10-13H2,1H3,(H,28,29). The van der Waals surface area contributed by atoms with Crippen molar-refractivity contribution in [3.63, 3.8) is 0 Å². The number of nitrogens with one attached hydrogen (secondary N) is 1. The molecule has 0 unspecified atom stereocenters. The SMILES string of the molecule is Cc1ccccc1Nc1c(C(=O)N2CCC(c3ccc(F)cc3)CC2)cnc(Cl)c1Cl. The Morgan fingerprint density at radius 2 is 1.77 bits per heavy atom. The monoisotopic (exact) mass is 457 g/mol. The number of nitrogens with zero attached hydrogens (tertiary/aromatic N) is 2. The number of piperidine rings is 1. The Kier molecular flexibility index (Phi) is 6.44. The minimum Gasteiger partial charge on any atom is -0.353 e. The van der Waals surface area contributed by atoms with Crippen LogP contribution in [-0.2, 0) is 0 Å². The molecule has 2 aromatic carbocycles. The second-order valence-corrected chi connectivity index (χ2v) is 8.45. The lowest BCUT2D eigenvalue weighted by molar-refractivity contribution is 0.0713. The molecule has 1 aliphatic heterocycles. The van der Waals surface area contributed by atoms with Gasteiger partial charge in [0.2, 0.25) is 0 Å². The first-order chi connectivity index (χ1) is 14.9. The third-order valence-corrected chi connectivity index (χ3v) is 6.49. The van der Waals surface area contributed by atoms with Crippen LogP contribution >= 0.6 is 23.2 Å². The summed E-state index contributed by atoms with van der Waals surface area (Å²) >= 11 is 12.6. The van der Waals surface area contributed by atoms with E-state index in [0.717, 1.165) is 29.7 Å². The molecule has 0 atom stereocenters. The van der Waals surface area contributed by atoms with Gasteiger partial charge in [0.25, 0.3) is 5.91 Å². The molecule has 0 aliphatic carbocycles. The van der Waals surface area contributed by atoms with Crippen LogP contribution in [0.5, 0.6) is 0 Å². The van der Waals surface area contributed by atoms with Gasteiger partial charge in [0.05, 0.1) is 11.3 Å². The summed E-state index contributed by atoms with van der Waals surface area (Å²) < 4.78 is 13.2. The number of likely N-dealkylation sites (tertiary alicyclic amines) is 1. The van der Waals surface area contributed by atoms with Crippen molar-refractivity contribution in [2.75, 3.05) is 18.4 Å². The van der Waals surface area contributed by atoms with Crippen molar-refractivity contribution in [3.8, 4) is 0 Å². The summed E-state index contributed by atoms with van der Waals surface area (Å²) in [5.41, 5.74) is 3.81. The molecule has 2 heterocycles. The third-order valence-electron chi connectivity index (χ3n) is 5.74. The van der Waals surface area contributed by atoms with Gasteiger partial charge in [0.15, 0.2) is 0 Å². The summed E-state index contributed by atoms with van der Waals surface area (Å²) in [5, 5.41) is 3.63. The fourth-order valence-electron chi connectivity index (χ4n) is 3.92. The number of carbonyl (C=O) groups is 1. The molecular weight excluding hydrogens is 436 g/mol. The third kappa shape index (κ3) is 4.68. The van der Waals surface area contributed by atoms with Crippen molar-refractivity contribution < 1.29 is 9.18 Å². The fourth-order valence-corrected chi connectivity index (χ4v) is 4.26. The lowest BCUT2D eigenvalue weighted by Gasteiger charge is -2.32. The van der Waals surface area contributed by atoms with Crippen LogP contribution in [0.3, 0.4) is 0 Å². The molecule has 4 nitrogen and oxygen atoms in total. The van der Waals surface area contributed by atoms with Crippen molar-refractivity contribution in [3.05, 3.63) is 87.4 Å². The maximum atomic E-state index is 13.3. The lowest BCUT2D eigenvalue weighted by atomic mass is 9.89. The van der Waals surface area contributed by atoms with Gasteiger partial charge in [-0.15, -0.1) is 0 Å². The molecule has 4 rings (SSSR count). The average Bonchev–Trinajstić information content (AvgIpc) is 2.79. The predicted octanol–water partition coefficient (Wildman–Crippen LogP) is 6.60. The van der Waals surface area contributed by atoms with Crippen LogP contribution in [0.4, 0.5) is 15.8 Å². The number of rotatable bonds is 4. The zero-order valence-corrected chi connectivity index (χ0v) is 18.6. The maximum absolute atomic E-state index is 13.3. The minimum atomic E-state index is -0.239. The minimum absolute atomic E-state index is 0.139. The molecule has 7 heteroatoms. The number of carbonyl (C=O) groups excluding carboxylic acids is 1. The van der Waals surface area contributed by atoms with Gasteiger partial charge in [0.1, 0.15) is 16.0 Å². The Hall–Kier alpha value is -2.63. The Morgan fingerprint density at radius 3 is 2.45 bits per heavy atom. The van der Waals surface area contributed by atoms with E-state index in [0.29, 0.717) is 30.3 Å². The van der Waals surface area contributed by atoms with Crippen LogP contribution in [0.1, 0.15) is 40.2 Å². The molecule has 31 heavy (non-hydrogen) atoms. The van der Waals surface area contributed by atoms with Gasteiger partial charge in [-0.1, -0.05) is 53.5 Å². The van der Waals surface area contributed by atoms with E-state index in [1.54, 1.807) is 0 Å². The molecule has 0 spiro atoms. The van der Waals surface area contributed by atoms with Crippen molar-refractivity contribution >= 4 is 40.5 Å². The average molecular weight is 458 g/mol. The number of aromatic nitrogens is 1. The fraction of sp³-hybridized carbons (Fsp3) is 0.250. The smallest absolute Gasteiger partial charge is 0.257 e. The molecule has 0 saturated carbocycles. The molecule has 1 fully saturated rings. The number of para-hydroxylation sites is 1. The van der Waals surface area contributed by atoms with E-state index in [2.05, 4.69) is 10.3 Å². The topological polar surface area (TPSA) is 45.2 Å². The number of hydrogen-bond acceptors (Lipinski definition) is 3. The Labute approximate surface area is 191 Å². The number of anilines is 2. The second kappa shape index (κ2) is 9.25. The number of pyridine rings is 1. The highest BCUT2D eigenvalue weighted by atomic mass is 35.5. The highest BCUT2D eigenvalue weighted by Gasteiger charge is 2.27. The summed E-state index contributed by atoms with van der Waals surface area (Å²) in [5.74, 6) is -0.0713. The van der Waals surface area contributed by atoms with Crippen molar-refractivity contribution in [2.45, 2.75) is 25.7 Å². The summed E-state index contributed by atoms with van der Waals surface area (Å²) in [7, 11) is 0. The quantitative estimate of drug-likeness (QED) is 0.448. The first kappa shape index (κ1) is 21.6. The number of benzene rings is 2. The number of amides is 1. The highest BCUT2D eigenvalue weighted by Crippen LogP contribution is 2.36. The highest BCUT2D eigenvalue weighted by molar-refractivity contribution is 6.43. The maximum Gasteiger partial charge on any atom is 0.257 e. The first-order valence-electron chi connectivity index (χ1n) is 10.2. The van der Waals surface area contributed by atoms with Gasteiger partial charge < -0.3 is 10.2 Å². The lowest BCUT2D eigenvalue weighted by Crippen LogP contribution is -2.38. The van der Waals surface area contributed by atoms with Crippen molar-refractivity contribution in [1.82, 2.24) is 9.88 Å². The van der Waals surface area contributed by atoms with Gasteiger partial charge in [-0.05, 0) is 55.0 Å². The van der Waals surface area contributed by atoms with Crippen molar-refractivity contribution in [1.29, 1.82) is 0 Å². The van der Waals surface area contributed by atoms with E-state index < -0.39 is 0 Å². The Bertz CT molecular complexity index is 1100. The van der Waals surface area contributed by atoms with Gasteiger partial charge in [-0.3, -0.25) is 4.79 Å². The van der Waals surface area contributed by atoms with E-state index in [9.17, 15) is 9.18 Å². The summed E-state index contributed by atoms with van der Waals surface area (Å²) in [6, 6.07) is 14.4. The second-order valence-electron chi connectivity index (χ2n) is 7.71. The van der Waals surface area contributed by atoms with E-state index in [-0.39, 0.29) is 21.9 Å². The molecular formula is C24H22Cl2FN3O. The molecule has 0 bridgehead atoms. The zero-order chi connectivity index (χ0) is 22.0. The van der Waals surface area contributed by atoms with E-state index in [1.807, 2.05) is 48.2 Å². The molecule has 1 saturated heterocycles.